The van der Waals surface area contributed by atoms with Crippen LogP contribution in [0.5, 0.6) is 0 Å². The summed E-state index contributed by atoms with van der Waals surface area (Å²) in [6.07, 6.45) is 0. The number of phosphoric acid groups is 3. The fraction of sp³-hybridized carbons (Fsp3) is 0. The van der Waals surface area contributed by atoms with Crippen molar-refractivity contribution in [2.45, 2.75) is 0 Å². The van der Waals surface area contributed by atoms with E-state index in [1.165, 1.54) is 0 Å². The fourth-order valence-electron chi connectivity index (χ4n) is 0.412. The van der Waals surface area contributed by atoms with Gasteiger partial charge in [0.2, 0.25) is 0 Å². The normalized spacial score (nSPS) is 44.2. The molecule has 0 atom stereocenters. The predicted octanol–water partition coefficient (Wildman–Crippen LogP) is -10.5. The van der Waals surface area contributed by atoms with Crippen LogP contribution in [0.1, 0.15) is 0 Å². The quantitative estimate of drug-likeness (QED) is 0.313. The molecule has 1 fully saturated rings. The summed E-state index contributed by atoms with van der Waals surface area (Å²) in [4.78, 5) is 30.7. The third-order valence-electron chi connectivity index (χ3n) is 0.600. The van der Waals surface area contributed by atoms with E-state index in [0.717, 1.165) is 0 Å². The van der Waals surface area contributed by atoms with Gasteiger partial charge in [-0.05, 0) is 0 Å². The Morgan fingerprint density at radius 3 is 0.933 bits per heavy atom. The Morgan fingerprint density at radius 1 is 0.667 bits per heavy atom. The van der Waals surface area contributed by atoms with E-state index < -0.39 is 23.5 Å². The van der Waals surface area contributed by atoms with Gasteiger partial charge in [-0.15, -0.1) is 0 Å². The molecule has 0 radical (unpaired) electrons. The topological polar surface area (TPSA) is 148 Å². The molecule has 15 heavy (non-hydrogen) atoms. The number of hydrogen-bond acceptors (Lipinski definition) is 9. The van der Waals surface area contributed by atoms with Crippen molar-refractivity contribution < 1.29 is 152 Å². The zero-order chi connectivity index (χ0) is 9.62. The fourth-order valence-corrected chi connectivity index (χ4v) is 4.51. The SMILES string of the molecule is O=P1([O-])OP(=O)([O-])OP(=O)([O-])O1.[K+].[Na+].[Na+]. The van der Waals surface area contributed by atoms with Gasteiger partial charge in [-0.25, -0.2) is 12.9 Å². The van der Waals surface area contributed by atoms with Crippen LogP contribution in [-0.2, 0) is 26.6 Å². The smallest absolute Gasteiger partial charge is 0.756 e. The molecule has 9 nitrogen and oxygen atoms in total. The summed E-state index contributed by atoms with van der Waals surface area (Å²) < 4.78 is 40.3. The van der Waals surface area contributed by atoms with Crippen molar-refractivity contribution in [1.29, 1.82) is 0 Å². The van der Waals surface area contributed by atoms with Crippen molar-refractivity contribution >= 4 is 23.5 Å². The molecule has 0 aromatic heterocycles. The first kappa shape index (κ1) is 24.1. The van der Waals surface area contributed by atoms with E-state index in [4.69, 9.17) is 0 Å². The maximum Gasteiger partial charge on any atom is 1.00 e. The van der Waals surface area contributed by atoms with Gasteiger partial charge in [0.1, 0.15) is 0 Å². The van der Waals surface area contributed by atoms with Gasteiger partial charge in [0, 0.05) is 0 Å². The Kier molecular flexibility index (Phi) is 13.5. The molecule has 1 heterocycles. The molecule has 1 aliphatic heterocycles. The van der Waals surface area contributed by atoms with E-state index in [-0.39, 0.29) is 110 Å². The van der Waals surface area contributed by atoms with Crippen LogP contribution in [0.3, 0.4) is 0 Å². The molecule has 0 aromatic carbocycles. The molecule has 1 aliphatic rings. The van der Waals surface area contributed by atoms with Gasteiger partial charge in [0.25, 0.3) is 23.5 Å². The zero-order valence-electron chi connectivity index (χ0n) is 8.02. The van der Waals surface area contributed by atoms with Crippen LogP contribution in [0.2, 0.25) is 0 Å². The number of hydrogen-bond donors (Lipinski definition) is 0. The number of rotatable bonds is 0. The third kappa shape index (κ3) is 9.59. The van der Waals surface area contributed by atoms with Gasteiger partial charge < -0.3 is 14.7 Å². The van der Waals surface area contributed by atoms with Gasteiger partial charge in [0.05, 0.1) is 0 Å². The summed E-state index contributed by atoms with van der Waals surface area (Å²) in [7, 11) is -16.1. The van der Waals surface area contributed by atoms with E-state index in [9.17, 15) is 28.4 Å². The van der Waals surface area contributed by atoms with Gasteiger partial charge in [-0.3, -0.25) is 13.7 Å². The second-order valence-electron chi connectivity index (χ2n) is 1.59. The second kappa shape index (κ2) is 8.39. The minimum absolute atomic E-state index is 0. The standard InChI is InChI=1S/K.2Na.H3O9P3/c;;;1-10(2)7-11(3,4)9-12(5,6)8-10/h;;;(H,1,2)(H,3,4)(H,5,6)/q3*+1;/p-3. The maximum absolute atomic E-state index is 10.2. The van der Waals surface area contributed by atoms with Crippen LogP contribution in [0, 0.1) is 0 Å². The second-order valence-corrected chi connectivity index (χ2v) is 6.23. The molecule has 0 aromatic rings. The molecular weight excluding hydrogens is 322 g/mol. The molecule has 1 saturated heterocycles. The zero-order valence-corrected chi connectivity index (χ0v) is 17.8. The van der Waals surface area contributed by atoms with Crippen molar-refractivity contribution in [3.05, 3.63) is 0 Å². The van der Waals surface area contributed by atoms with E-state index in [2.05, 4.69) is 12.9 Å². The first-order valence-corrected chi connectivity index (χ1v) is 6.57. The van der Waals surface area contributed by atoms with Crippen molar-refractivity contribution in [3.63, 3.8) is 0 Å². The summed E-state index contributed by atoms with van der Waals surface area (Å²) in [6, 6.07) is 0. The van der Waals surface area contributed by atoms with Gasteiger partial charge in [-0.2, -0.15) is 0 Å². The van der Waals surface area contributed by atoms with Crippen LogP contribution in [0.25, 0.3) is 0 Å². The molecule has 72 valence electrons. The molecule has 0 aliphatic carbocycles. The molecule has 1 rings (SSSR count). The Labute approximate surface area is 171 Å². The van der Waals surface area contributed by atoms with Crippen LogP contribution in [0.4, 0.5) is 0 Å². The molecular formula is KNa2O9P3. The predicted molar refractivity (Wildman–Crippen MR) is 26.1 cm³/mol. The third-order valence-corrected chi connectivity index (χ3v) is 5.40. The molecule has 0 bridgehead atoms. The van der Waals surface area contributed by atoms with Crippen molar-refractivity contribution in [1.82, 2.24) is 0 Å². The maximum atomic E-state index is 10.2. The Bertz CT molecular complexity index is 268. The minimum Gasteiger partial charge on any atom is -0.756 e. The summed E-state index contributed by atoms with van der Waals surface area (Å²) in [5, 5.41) is 0. The average molecular weight is 322 g/mol. The Hall–Kier alpha value is 4.09. The summed E-state index contributed by atoms with van der Waals surface area (Å²) >= 11 is 0. The average Bonchev–Trinajstić information content (AvgIpc) is 1.44. The van der Waals surface area contributed by atoms with E-state index in [1.807, 2.05) is 0 Å². The van der Waals surface area contributed by atoms with Crippen LogP contribution >= 0.6 is 23.5 Å². The molecule has 0 spiro atoms. The van der Waals surface area contributed by atoms with Crippen LogP contribution in [-0.4, -0.2) is 0 Å². The molecule has 0 amide bonds. The first-order valence-electron chi connectivity index (χ1n) is 2.19. The van der Waals surface area contributed by atoms with E-state index >= 15 is 0 Å². The van der Waals surface area contributed by atoms with E-state index in [0.29, 0.717) is 0 Å². The van der Waals surface area contributed by atoms with Crippen LogP contribution < -0.4 is 125 Å². The molecule has 0 N–H and O–H groups in total. The Morgan fingerprint density at radius 2 is 0.800 bits per heavy atom. The molecule has 15 heteroatoms. The van der Waals surface area contributed by atoms with Gasteiger partial charge >= 0.3 is 110 Å². The summed E-state index contributed by atoms with van der Waals surface area (Å²) in [5.41, 5.74) is 0. The molecule has 0 unspecified atom stereocenters. The van der Waals surface area contributed by atoms with Gasteiger partial charge in [-0.1, -0.05) is 0 Å². The van der Waals surface area contributed by atoms with Crippen LogP contribution in [0.15, 0.2) is 0 Å². The summed E-state index contributed by atoms with van der Waals surface area (Å²) in [6.45, 7) is 0. The largest absolute Gasteiger partial charge is 1.00 e. The van der Waals surface area contributed by atoms with Gasteiger partial charge in [0.15, 0.2) is 0 Å². The minimum atomic E-state index is -5.36. The summed E-state index contributed by atoms with van der Waals surface area (Å²) in [5.74, 6) is 0. The first-order chi connectivity index (χ1) is 5.12. The van der Waals surface area contributed by atoms with Crippen molar-refractivity contribution in [3.8, 4) is 0 Å². The monoisotopic (exact) mass is 322 g/mol. The Balaban J connectivity index is -0.000000480. The van der Waals surface area contributed by atoms with Crippen molar-refractivity contribution in [2.24, 2.45) is 0 Å². The van der Waals surface area contributed by atoms with E-state index in [1.54, 1.807) is 0 Å². The van der Waals surface area contributed by atoms with Crippen molar-refractivity contribution in [2.75, 3.05) is 0 Å². The molecule has 0 saturated carbocycles.